The van der Waals surface area contributed by atoms with Crippen LogP contribution >= 0.6 is 0 Å². The highest BCUT2D eigenvalue weighted by Crippen LogP contribution is 2.23. The number of likely N-dealkylation sites (tertiary alicyclic amines) is 1. The maximum atomic E-state index is 11.4. The van der Waals surface area contributed by atoms with Gasteiger partial charge in [-0.1, -0.05) is 13.8 Å². The van der Waals surface area contributed by atoms with Gasteiger partial charge in [-0.3, -0.25) is 4.79 Å². The molecular weight excluding hydrogens is 214 g/mol. The Balaban J connectivity index is 2.28. The van der Waals surface area contributed by atoms with Crippen LogP contribution in [0.2, 0.25) is 0 Å². The molecule has 0 N–H and O–H groups in total. The highest BCUT2D eigenvalue weighted by Gasteiger charge is 2.24. The number of hydrogen-bond donors (Lipinski definition) is 0. The summed E-state index contributed by atoms with van der Waals surface area (Å²) in [6.45, 7) is 9.20. The Morgan fingerprint density at radius 2 is 1.82 bits per heavy atom. The molecule has 1 aliphatic rings. The van der Waals surface area contributed by atoms with Gasteiger partial charge in [-0.2, -0.15) is 0 Å². The molecule has 0 spiro atoms. The van der Waals surface area contributed by atoms with Crippen LogP contribution in [0.15, 0.2) is 0 Å². The molecule has 0 amide bonds. The monoisotopic (exact) mass is 241 g/mol. The van der Waals surface area contributed by atoms with Crippen molar-refractivity contribution in [1.82, 2.24) is 4.90 Å². The van der Waals surface area contributed by atoms with Crippen LogP contribution in [0.25, 0.3) is 0 Å². The first kappa shape index (κ1) is 14.5. The minimum absolute atomic E-state index is 0.0199. The van der Waals surface area contributed by atoms with Crippen LogP contribution < -0.4 is 0 Å². The molecule has 0 bridgehead atoms. The highest BCUT2D eigenvalue weighted by molar-refractivity contribution is 5.69. The molecule has 1 rings (SSSR count). The van der Waals surface area contributed by atoms with E-state index in [9.17, 15) is 4.79 Å². The largest absolute Gasteiger partial charge is 0.466 e. The summed E-state index contributed by atoms with van der Waals surface area (Å²) in [5.74, 6) is 0.521. The summed E-state index contributed by atoms with van der Waals surface area (Å²) in [5.41, 5.74) is 0. The van der Waals surface area contributed by atoms with Crippen LogP contribution in [-0.4, -0.2) is 36.6 Å². The van der Waals surface area contributed by atoms with Crippen molar-refractivity contribution in [1.29, 1.82) is 0 Å². The van der Waals surface area contributed by atoms with Crippen LogP contribution in [0, 0.1) is 5.92 Å². The molecule has 1 heterocycles. The second-order valence-electron chi connectivity index (χ2n) is 4.96. The predicted octanol–water partition coefficient (Wildman–Crippen LogP) is 2.84. The Labute approximate surface area is 106 Å². The van der Waals surface area contributed by atoms with Crippen LogP contribution in [0.5, 0.6) is 0 Å². The van der Waals surface area contributed by atoms with Crippen molar-refractivity contribution in [2.75, 3.05) is 19.7 Å². The van der Waals surface area contributed by atoms with E-state index in [4.69, 9.17) is 4.74 Å². The van der Waals surface area contributed by atoms with Crippen LogP contribution in [-0.2, 0) is 9.53 Å². The Hall–Kier alpha value is -0.570. The average molecular weight is 241 g/mol. The van der Waals surface area contributed by atoms with E-state index in [0.717, 1.165) is 32.0 Å². The molecule has 1 saturated heterocycles. The van der Waals surface area contributed by atoms with Crippen molar-refractivity contribution in [3.63, 3.8) is 0 Å². The van der Waals surface area contributed by atoms with Crippen molar-refractivity contribution in [3.05, 3.63) is 0 Å². The number of rotatable bonds is 6. The Kier molecular flexibility index (Phi) is 6.56. The summed E-state index contributed by atoms with van der Waals surface area (Å²) < 4.78 is 5.01. The molecule has 3 heteroatoms. The second-order valence-corrected chi connectivity index (χ2v) is 4.96. The number of esters is 1. The van der Waals surface area contributed by atoms with Crippen molar-refractivity contribution in [3.8, 4) is 0 Å². The fourth-order valence-electron chi connectivity index (χ4n) is 2.78. The van der Waals surface area contributed by atoms with Crippen molar-refractivity contribution in [2.24, 2.45) is 5.92 Å². The van der Waals surface area contributed by atoms with Crippen molar-refractivity contribution < 1.29 is 9.53 Å². The van der Waals surface area contributed by atoms with Crippen LogP contribution in [0.4, 0.5) is 0 Å². The Bertz CT molecular complexity index is 218. The molecule has 0 saturated carbocycles. The summed E-state index contributed by atoms with van der Waals surface area (Å²) in [6, 6.07) is 0.735. The van der Waals surface area contributed by atoms with Gasteiger partial charge in [0.05, 0.1) is 6.61 Å². The lowest BCUT2D eigenvalue weighted by Crippen LogP contribution is -2.41. The lowest BCUT2D eigenvalue weighted by molar-refractivity contribution is -0.144. The highest BCUT2D eigenvalue weighted by atomic mass is 16.5. The number of hydrogen-bond acceptors (Lipinski definition) is 3. The van der Waals surface area contributed by atoms with E-state index >= 15 is 0 Å². The zero-order valence-electron chi connectivity index (χ0n) is 11.6. The number of carbonyl (C=O) groups excluding carboxylic acids is 1. The fraction of sp³-hybridized carbons (Fsp3) is 0.929. The molecule has 0 aromatic heterocycles. The van der Waals surface area contributed by atoms with Gasteiger partial charge in [-0.15, -0.1) is 0 Å². The van der Waals surface area contributed by atoms with Crippen molar-refractivity contribution >= 4 is 5.97 Å². The van der Waals surface area contributed by atoms with Gasteiger partial charge >= 0.3 is 5.97 Å². The molecule has 0 atom stereocenters. The number of nitrogens with zero attached hydrogens (tertiary/aromatic N) is 1. The molecule has 0 aromatic carbocycles. The first-order chi connectivity index (χ1) is 8.21. The SMILES string of the molecule is CCOC(=O)CC1CCN(C(CC)CC)CC1. The van der Waals surface area contributed by atoms with Gasteiger partial charge in [0.1, 0.15) is 0 Å². The molecule has 1 aliphatic heterocycles. The number of piperidine rings is 1. The third-order valence-electron chi connectivity index (χ3n) is 3.87. The predicted molar refractivity (Wildman–Crippen MR) is 69.9 cm³/mol. The normalized spacial score (nSPS) is 18.6. The van der Waals surface area contributed by atoms with Gasteiger partial charge in [0.25, 0.3) is 0 Å². The molecule has 3 nitrogen and oxygen atoms in total. The standard InChI is InChI=1S/C14H27NO2/c1-4-13(5-2)15-9-7-12(8-10-15)11-14(16)17-6-3/h12-13H,4-11H2,1-3H3. The van der Waals surface area contributed by atoms with Gasteiger partial charge in [-0.05, 0) is 51.6 Å². The minimum Gasteiger partial charge on any atom is -0.466 e. The van der Waals surface area contributed by atoms with Gasteiger partial charge in [0, 0.05) is 12.5 Å². The van der Waals surface area contributed by atoms with E-state index in [0.29, 0.717) is 18.9 Å². The van der Waals surface area contributed by atoms with Gasteiger partial charge in [0.2, 0.25) is 0 Å². The van der Waals surface area contributed by atoms with E-state index in [1.807, 2.05) is 6.92 Å². The molecule has 0 aliphatic carbocycles. The first-order valence-corrected chi connectivity index (χ1v) is 7.10. The third-order valence-corrected chi connectivity index (χ3v) is 3.87. The fourth-order valence-corrected chi connectivity index (χ4v) is 2.78. The quantitative estimate of drug-likeness (QED) is 0.670. The van der Waals surface area contributed by atoms with E-state index in [-0.39, 0.29) is 5.97 Å². The van der Waals surface area contributed by atoms with E-state index in [1.54, 1.807) is 0 Å². The van der Waals surface area contributed by atoms with Crippen LogP contribution in [0.3, 0.4) is 0 Å². The molecule has 0 aromatic rings. The topological polar surface area (TPSA) is 29.5 Å². The molecule has 17 heavy (non-hydrogen) atoms. The maximum absolute atomic E-state index is 11.4. The lowest BCUT2D eigenvalue weighted by atomic mass is 9.92. The maximum Gasteiger partial charge on any atom is 0.306 e. The molecule has 1 fully saturated rings. The van der Waals surface area contributed by atoms with Gasteiger partial charge < -0.3 is 9.64 Å². The van der Waals surface area contributed by atoms with Crippen LogP contribution in [0.1, 0.15) is 52.9 Å². The van der Waals surface area contributed by atoms with Gasteiger partial charge in [-0.25, -0.2) is 0 Å². The average Bonchev–Trinajstić information content (AvgIpc) is 2.33. The lowest BCUT2D eigenvalue weighted by Gasteiger charge is -2.36. The summed E-state index contributed by atoms with van der Waals surface area (Å²) >= 11 is 0. The van der Waals surface area contributed by atoms with E-state index in [2.05, 4.69) is 18.7 Å². The zero-order valence-corrected chi connectivity index (χ0v) is 11.6. The number of carbonyl (C=O) groups is 1. The Morgan fingerprint density at radius 3 is 2.29 bits per heavy atom. The summed E-state index contributed by atoms with van der Waals surface area (Å²) in [7, 11) is 0. The van der Waals surface area contributed by atoms with E-state index < -0.39 is 0 Å². The smallest absolute Gasteiger partial charge is 0.306 e. The first-order valence-electron chi connectivity index (χ1n) is 7.10. The molecule has 0 unspecified atom stereocenters. The molecule has 100 valence electrons. The van der Waals surface area contributed by atoms with Gasteiger partial charge in [0.15, 0.2) is 0 Å². The van der Waals surface area contributed by atoms with Crippen molar-refractivity contribution in [2.45, 2.75) is 58.9 Å². The van der Waals surface area contributed by atoms with E-state index in [1.165, 1.54) is 12.8 Å². The summed E-state index contributed by atoms with van der Waals surface area (Å²) in [6.07, 6.45) is 5.38. The zero-order chi connectivity index (χ0) is 12.7. The third kappa shape index (κ3) is 4.66. The molecular formula is C14H27NO2. The molecule has 0 radical (unpaired) electrons. The number of ether oxygens (including phenoxy) is 1. The summed E-state index contributed by atoms with van der Waals surface area (Å²) in [4.78, 5) is 14.0. The Morgan fingerprint density at radius 1 is 1.24 bits per heavy atom. The minimum atomic E-state index is -0.0199. The second kappa shape index (κ2) is 7.70. The summed E-state index contributed by atoms with van der Waals surface area (Å²) in [5, 5.41) is 0.